The van der Waals surface area contributed by atoms with Gasteiger partial charge >= 0.3 is 0 Å². The largest absolute Gasteiger partial charge is 0.310 e. The Balaban J connectivity index is 2.28. The Labute approximate surface area is 130 Å². The molecule has 0 aliphatic heterocycles. The predicted molar refractivity (Wildman–Crippen MR) is 87.8 cm³/mol. The first-order valence-electron chi connectivity index (χ1n) is 6.84. The van der Waals surface area contributed by atoms with Crippen molar-refractivity contribution >= 4 is 23.2 Å². The van der Waals surface area contributed by atoms with Gasteiger partial charge in [0.2, 0.25) is 0 Å². The predicted octanol–water partition coefficient (Wildman–Crippen LogP) is 5.20. The Hall–Kier alpha value is -1.02. The molecule has 0 radical (unpaired) electrons. The van der Waals surface area contributed by atoms with E-state index in [9.17, 15) is 0 Å². The molecule has 0 aromatic heterocycles. The van der Waals surface area contributed by atoms with Gasteiger partial charge in [0, 0.05) is 16.1 Å². The summed E-state index contributed by atoms with van der Waals surface area (Å²) in [6, 6.07) is 14.3. The normalized spacial score (nSPS) is 12.4. The van der Waals surface area contributed by atoms with E-state index in [1.807, 2.05) is 31.2 Å². The van der Waals surface area contributed by atoms with Crippen LogP contribution in [0, 0.1) is 6.92 Å². The molecule has 20 heavy (non-hydrogen) atoms. The third-order valence-electron chi connectivity index (χ3n) is 3.36. The van der Waals surface area contributed by atoms with Gasteiger partial charge in [-0.3, -0.25) is 0 Å². The number of hydrogen-bond donors (Lipinski definition) is 1. The molecule has 3 heteroatoms. The Kier molecular flexibility index (Phi) is 5.47. The van der Waals surface area contributed by atoms with E-state index in [2.05, 4.69) is 30.4 Å². The lowest BCUT2D eigenvalue weighted by Crippen LogP contribution is -2.23. The second-order valence-corrected chi connectivity index (χ2v) is 5.75. The summed E-state index contributed by atoms with van der Waals surface area (Å²) in [5.74, 6) is 0. The SMILES string of the molecule is CCNC(Cc1ccc(C)cc1Cl)c1ccccc1Cl. The Morgan fingerprint density at radius 2 is 1.80 bits per heavy atom. The maximum Gasteiger partial charge on any atom is 0.0453 e. The zero-order valence-corrected chi connectivity index (χ0v) is 13.3. The fourth-order valence-corrected chi connectivity index (χ4v) is 2.91. The van der Waals surface area contributed by atoms with Crippen molar-refractivity contribution in [3.8, 4) is 0 Å². The molecule has 0 bridgehead atoms. The molecule has 2 rings (SSSR count). The van der Waals surface area contributed by atoms with Gasteiger partial charge in [-0.2, -0.15) is 0 Å². The van der Waals surface area contributed by atoms with Gasteiger partial charge in [-0.05, 0) is 48.7 Å². The highest BCUT2D eigenvalue weighted by Gasteiger charge is 2.15. The number of halogens is 2. The molecule has 0 heterocycles. The van der Waals surface area contributed by atoms with Crippen molar-refractivity contribution in [3.63, 3.8) is 0 Å². The van der Waals surface area contributed by atoms with E-state index in [0.29, 0.717) is 0 Å². The van der Waals surface area contributed by atoms with E-state index in [1.54, 1.807) is 0 Å². The van der Waals surface area contributed by atoms with Gasteiger partial charge in [0.1, 0.15) is 0 Å². The lowest BCUT2D eigenvalue weighted by Gasteiger charge is -2.20. The van der Waals surface area contributed by atoms with Crippen LogP contribution in [0.1, 0.15) is 29.7 Å². The summed E-state index contributed by atoms with van der Waals surface area (Å²) < 4.78 is 0. The van der Waals surface area contributed by atoms with Crippen LogP contribution in [0.2, 0.25) is 10.0 Å². The number of aryl methyl sites for hydroxylation is 1. The fourth-order valence-electron chi connectivity index (χ4n) is 2.33. The number of benzene rings is 2. The van der Waals surface area contributed by atoms with Crippen LogP contribution in [0.5, 0.6) is 0 Å². The summed E-state index contributed by atoms with van der Waals surface area (Å²) in [5, 5.41) is 5.10. The number of likely N-dealkylation sites (N-methyl/N-ethyl adjacent to an activating group) is 1. The molecule has 0 fully saturated rings. The summed E-state index contributed by atoms with van der Waals surface area (Å²) in [6.45, 7) is 5.03. The fraction of sp³-hybridized carbons (Fsp3) is 0.294. The van der Waals surface area contributed by atoms with Gasteiger partial charge in [-0.25, -0.2) is 0 Å². The average molecular weight is 308 g/mol. The highest BCUT2D eigenvalue weighted by atomic mass is 35.5. The van der Waals surface area contributed by atoms with Crippen LogP contribution in [0.4, 0.5) is 0 Å². The van der Waals surface area contributed by atoms with E-state index < -0.39 is 0 Å². The van der Waals surface area contributed by atoms with Crippen molar-refractivity contribution in [2.75, 3.05) is 6.54 Å². The van der Waals surface area contributed by atoms with Gasteiger partial charge in [0.05, 0.1) is 0 Å². The third-order valence-corrected chi connectivity index (χ3v) is 4.06. The quantitative estimate of drug-likeness (QED) is 0.801. The number of rotatable bonds is 5. The summed E-state index contributed by atoms with van der Waals surface area (Å²) >= 11 is 12.7. The van der Waals surface area contributed by atoms with Crippen molar-refractivity contribution in [3.05, 3.63) is 69.2 Å². The zero-order valence-electron chi connectivity index (χ0n) is 11.8. The average Bonchev–Trinajstić information content (AvgIpc) is 2.42. The lowest BCUT2D eigenvalue weighted by molar-refractivity contribution is 0.550. The van der Waals surface area contributed by atoms with Gasteiger partial charge in [-0.15, -0.1) is 0 Å². The molecule has 106 valence electrons. The van der Waals surface area contributed by atoms with Crippen LogP contribution in [0.25, 0.3) is 0 Å². The molecule has 0 spiro atoms. The molecular formula is C17H19Cl2N. The smallest absolute Gasteiger partial charge is 0.0453 e. The van der Waals surface area contributed by atoms with Gasteiger partial charge in [-0.1, -0.05) is 60.5 Å². The topological polar surface area (TPSA) is 12.0 Å². The molecule has 1 atom stereocenters. The van der Waals surface area contributed by atoms with Crippen molar-refractivity contribution in [1.29, 1.82) is 0 Å². The molecule has 1 unspecified atom stereocenters. The summed E-state index contributed by atoms with van der Waals surface area (Å²) in [5.41, 5.74) is 3.44. The van der Waals surface area contributed by atoms with Crippen LogP contribution in [0.3, 0.4) is 0 Å². The molecule has 0 amide bonds. The van der Waals surface area contributed by atoms with E-state index in [-0.39, 0.29) is 6.04 Å². The Bertz CT molecular complexity index is 581. The first-order valence-corrected chi connectivity index (χ1v) is 7.60. The molecule has 0 aliphatic rings. The molecule has 2 aromatic carbocycles. The highest BCUT2D eigenvalue weighted by molar-refractivity contribution is 6.31. The maximum atomic E-state index is 6.34. The zero-order chi connectivity index (χ0) is 14.5. The summed E-state index contributed by atoms with van der Waals surface area (Å²) in [6.07, 6.45) is 0.830. The second-order valence-electron chi connectivity index (χ2n) is 4.93. The molecule has 0 aliphatic carbocycles. The van der Waals surface area contributed by atoms with E-state index in [0.717, 1.165) is 34.1 Å². The monoisotopic (exact) mass is 307 g/mol. The van der Waals surface area contributed by atoms with Gasteiger partial charge in [0.25, 0.3) is 0 Å². The van der Waals surface area contributed by atoms with E-state index >= 15 is 0 Å². The van der Waals surface area contributed by atoms with Crippen LogP contribution in [0.15, 0.2) is 42.5 Å². The molecular weight excluding hydrogens is 289 g/mol. The summed E-state index contributed by atoms with van der Waals surface area (Å²) in [4.78, 5) is 0. The minimum absolute atomic E-state index is 0.175. The van der Waals surface area contributed by atoms with Crippen LogP contribution in [-0.4, -0.2) is 6.54 Å². The van der Waals surface area contributed by atoms with Crippen molar-refractivity contribution in [2.45, 2.75) is 26.3 Å². The molecule has 0 saturated carbocycles. The minimum Gasteiger partial charge on any atom is -0.310 e. The van der Waals surface area contributed by atoms with Gasteiger partial charge < -0.3 is 5.32 Å². The summed E-state index contributed by atoms with van der Waals surface area (Å²) in [7, 11) is 0. The molecule has 2 aromatic rings. The van der Waals surface area contributed by atoms with Crippen molar-refractivity contribution in [2.24, 2.45) is 0 Å². The lowest BCUT2D eigenvalue weighted by atomic mass is 9.98. The van der Waals surface area contributed by atoms with E-state index in [4.69, 9.17) is 23.2 Å². The first kappa shape index (κ1) is 15.4. The number of nitrogens with one attached hydrogen (secondary N) is 1. The van der Waals surface area contributed by atoms with Crippen molar-refractivity contribution < 1.29 is 0 Å². The maximum absolute atomic E-state index is 6.34. The second kappa shape index (κ2) is 7.12. The standard InChI is InChI=1S/C17H19Cl2N/c1-3-20-17(14-6-4-5-7-15(14)18)11-13-9-8-12(2)10-16(13)19/h4-10,17,20H,3,11H2,1-2H3. The number of hydrogen-bond acceptors (Lipinski definition) is 1. The molecule has 1 N–H and O–H groups in total. The minimum atomic E-state index is 0.175. The molecule has 1 nitrogen and oxygen atoms in total. The van der Waals surface area contributed by atoms with Crippen LogP contribution >= 0.6 is 23.2 Å². The van der Waals surface area contributed by atoms with Gasteiger partial charge in [0.15, 0.2) is 0 Å². The first-order chi connectivity index (χ1) is 9.61. The van der Waals surface area contributed by atoms with Crippen LogP contribution < -0.4 is 5.32 Å². The highest BCUT2D eigenvalue weighted by Crippen LogP contribution is 2.28. The third kappa shape index (κ3) is 3.76. The van der Waals surface area contributed by atoms with Crippen LogP contribution in [-0.2, 0) is 6.42 Å². The van der Waals surface area contributed by atoms with Crippen molar-refractivity contribution in [1.82, 2.24) is 5.32 Å². The Morgan fingerprint density at radius 1 is 1.05 bits per heavy atom. The molecule has 0 saturated heterocycles. The van der Waals surface area contributed by atoms with E-state index in [1.165, 1.54) is 5.56 Å². The Morgan fingerprint density at radius 3 is 2.45 bits per heavy atom.